The number of anilines is 1. The Morgan fingerprint density at radius 2 is 1.75 bits per heavy atom. The van der Waals surface area contributed by atoms with E-state index in [9.17, 15) is 9.59 Å². The van der Waals surface area contributed by atoms with E-state index in [1.807, 2.05) is 6.07 Å². The van der Waals surface area contributed by atoms with Crippen LogP contribution in [-0.4, -0.2) is 24.9 Å². The van der Waals surface area contributed by atoms with E-state index < -0.39 is 0 Å². The predicted molar refractivity (Wildman–Crippen MR) is 94.1 cm³/mol. The summed E-state index contributed by atoms with van der Waals surface area (Å²) in [6.45, 7) is 2.65. The Kier molecular flexibility index (Phi) is 4.85. The van der Waals surface area contributed by atoms with Crippen LogP contribution in [0.25, 0.3) is 0 Å². The van der Waals surface area contributed by atoms with Gasteiger partial charge >= 0.3 is 0 Å². The van der Waals surface area contributed by atoms with Crippen molar-refractivity contribution in [1.82, 2.24) is 0 Å². The van der Waals surface area contributed by atoms with Crippen LogP contribution in [-0.2, 0) is 0 Å². The van der Waals surface area contributed by atoms with Crippen molar-refractivity contribution in [3.63, 3.8) is 0 Å². The van der Waals surface area contributed by atoms with E-state index in [1.165, 1.54) is 0 Å². The molecule has 124 valence electrons. The Morgan fingerprint density at radius 1 is 1.08 bits per heavy atom. The highest BCUT2D eigenvalue weighted by Gasteiger charge is 2.21. The number of benzene rings is 2. The molecule has 5 nitrogen and oxygen atoms in total. The van der Waals surface area contributed by atoms with Crippen molar-refractivity contribution in [1.29, 1.82) is 0 Å². The molecule has 0 spiro atoms. The second kappa shape index (κ2) is 7.05. The van der Waals surface area contributed by atoms with E-state index in [2.05, 4.69) is 21.2 Å². The number of fused-ring (bicyclic) bond motifs is 1. The summed E-state index contributed by atoms with van der Waals surface area (Å²) in [6.07, 6.45) is 0.331. The van der Waals surface area contributed by atoms with Crippen molar-refractivity contribution < 1.29 is 19.1 Å². The predicted octanol–water partition coefficient (Wildman–Crippen LogP) is 4.07. The van der Waals surface area contributed by atoms with Gasteiger partial charge in [-0.05, 0) is 34.1 Å². The molecule has 0 radical (unpaired) electrons. The second-order valence-corrected chi connectivity index (χ2v) is 6.11. The molecule has 1 amide bonds. The summed E-state index contributed by atoms with van der Waals surface area (Å²) in [5.41, 5.74) is 1.33. The molecule has 0 aliphatic carbocycles. The summed E-state index contributed by atoms with van der Waals surface area (Å²) in [4.78, 5) is 24.8. The summed E-state index contributed by atoms with van der Waals surface area (Å²) in [7, 11) is 0. The van der Waals surface area contributed by atoms with Crippen LogP contribution < -0.4 is 14.8 Å². The second-order valence-electron chi connectivity index (χ2n) is 5.25. The van der Waals surface area contributed by atoms with Gasteiger partial charge in [0.2, 0.25) is 0 Å². The molecule has 0 aromatic heterocycles. The number of hydrogen-bond acceptors (Lipinski definition) is 4. The van der Waals surface area contributed by atoms with Gasteiger partial charge in [0.25, 0.3) is 5.91 Å². The number of halogens is 1. The van der Waals surface area contributed by atoms with Crippen LogP contribution in [0.15, 0.2) is 40.9 Å². The molecule has 2 aromatic carbocycles. The van der Waals surface area contributed by atoms with Crippen LogP contribution in [0.5, 0.6) is 11.5 Å². The van der Waals surface area contributed by atoms with Crippen molar-refractivity contribution in [3.8, 4) is 11.5 Å². The van der Waals surface area contributed by atoms with Gasteiger partial charge in [0, 0.05) is 22.5 Å². The standard InChI is InChI=1S/C18H16BrNO4/c1-2-15(21)12-9-16-17(24-8-7-23-16)10-14(12)20-18(22)11-5-3-4-6-13(11)19/h3-6,9-10H,2,7-8H2,1H3,(H,20,22). The molecule has 0 bridgehead atoms. The number of nitrogens with one attached hydrogen (secondary N) is 1. The lowest BCUT2D eigenvalue weighted by atomic mass is 10.0. The summed E-state index contributed by atoms with van der Waals surface area (Å²) in [6, 6.07) is 10.4. The average Bonchev–Trinajstić information content (AvgIpc) is 2.60. The Hall–Kier alpha value is -2.34. The fourth-order valence-corrected chi connectivity index (χ4v) is 2.91. The monoisotopic (exact) mass is 389 g/mol. The number of carbonyl (C=O) groups is 2. The highest BCUT2D eigenvalue weighted by Crippen LogP contribution is 2.36. The molecule has 0 fully saturated rings. The van der Waals surface area contributed by atoms with E-state index in [-0.39, 0.29) is 11.7 Å². The summed E-state index contributed by atoms with van der Waals surface area (Å²) < 4.78 is 11.8. The summed E-state index contributed by atoms with van der Waals surface area (Å²) >= 11 is 3.36. The number of Topliss-reactive ketones (excluding diaryl/α,β-unsaturated/α-hetero) is 1. The maximum Gasteiger partial charge on any atom is 0.256 e. The van der Waals surface area contributed by atoms with Gasteiger partial charge in [-0.15, -0.1) is 0 Å². The van der Waals surface area contributed by atoms with Gasteiger partial charge in [0.1, 0.15) is 13.2 Å². The maximum absolute atomic E-state index is 12.5. The number of carbonyl (C=O) groups excluding carboxylic acids is 2. The number of ketones is 1. The van der Waals surface area contributed by atoms with Crippen LogP contribution in [0.1, 0.15) is 34.1 Å². The molecule has 1 N–H and O–H groups in total. The SMILES string of the molecule is CCC(=O)c1cc2c(cc1NC(=O)c1ccccc1Br)OCCO2. The number of ether oxygens (including phenoxy) is 2. The van der Waals surface area contributed by atoms with Crippen LogP contribution in [0.3, 0.4) is 0 Å². The van der Waals surface area contributed by atoms with Gasteiger partial charge in [-0.3, -0.25) is 9.59 Å². The van der Waals surface area contributed by atoms with E-state index in [0.29, 0.717) is 52.4 Å². The largest absolute Gasteiger partial charge is 0.486 e. The highest BCUT2D eigenvalue weighted by atomic mass is 79.9. The van der Waals surface area contributed by atoms with Gasteiger partial charge in [-0.2, -0.15) is 0 Å². The number of amides is 1. The van der Waals surface area contributed by atoms with Crippen LogP contribution in [0.4, 0.5) is 5.69 Å². The van der Waals surface area contributed by atoms with E-state index >= 15 is 0 Å². The van der Waals surface area contributed by atoms with Crippen molar-refractivity contribution in [3.05, 3.63) is 52.0 Å². The van der Waals surface area contributed by atoms with Gasteiger partial charge in [-0.1, -0.05) is 19.1 Å². The van der Waals surface area contributed by atoms with Crippen LogP contribution >= 0.6 is 15.9 Å². The number of hydrogen-bond donors (Lipinski definition) is 1. The first-order valence-electron chi connectivity index (χ1n) is 7.63. The molecular weight excluding hydrogens is 374 g/mol. The Bertz CT molecular complexity index is 804. The Labute approximate surface area is 148 Å². The molecular formula is C18H16BrNO4. The van der Waals surface area contributed by atoms with Crippen molar-refractivity contribution >= 4 is 33.3 Å². The average molecular weight is 390 g/mol. The van der Waals surface area contributed by atoms with E-state index in [1.54, 1.807) is 37.3 Å². The lowest BCUT2D eigenvalue weighted by Crippen LogP contribution is -2.19. The van der Waals surface area contributed by atoms with Crippen molar-refractivity contribution in [2.24, 2.45) is 0 Å². The smallest absolute Gasteiger partial charge is 0.256 e. The lowest BCUT2D eigenvalue weighted by molar-refractivity contribution is 0.0988. The molecule has 6 heteroatoms. The van der Waals surface area contributed by atoms with Crippen LogP contribution in [0.2, 0.25) is 0 Å². The van der Waals surface area contributed by atoms with Gasteiger partial charge in [0.05, 0.1) is 11.3 Å². The molecule has 0 saturated carbocycles. The topological polar surface area (TPSA) is 64.6 Å². The molecule has 3 rings (SSSR count). The first-order valence-corrected chi connectivity index (χ1v) is 8.42. The molecule has 24 heavy (non-hydrogen) atoms. The third-order valence-electron chi connectivity index (χ3n) is 3.67. The van der Waals surface area contributed by atoms with Gasteiger partial charge in [-0.25, -0.2) is 0 Å². The van der Waals surface area contributed by atoms with Crippen LogP contribution in [0, 0.1) is 0 Å². The van der Waals surface area contributed by atoms with Gasteiger partial charge in [0.15, 0.2) is 17.3 Å². The minimum atomic E-state index is -0.302. The van der Waals surface area contributed by atoms with Crippen molar-refractivity contribution in [2.75, 3.05) is 18.5 Å². The minimum Gasteiger partial charge on any atom is -0.486 e. The normalized spacial score (nSPS) is 12.6. The highest BCUT2D eigenvalue weighted by molar-refractivity contribution is 9.10. The lowest BCUT2D eigenvalue weighted by Gasteiger charge is -2.21. The molecule has 0 unspecified atom stereocenters. The fraction of sp³-hybridized carbons (Fsp3) is 0.222. The zero-order valence-electron chi connectivity index (χ0n) is 13.1. The first-order chi connectivity index (χ1) is 11.6. The summed E-state index contributed by atoms with van der Waals surface area (Å²) in [5, 5.41) is 2.81. The van der Waals surface area contributed by atoms with E-state index in [4.69, 9.17) is 9.47 Å². The molecule has 0 atom stereocenters. The zero-order valence-corrected chi connectivity index (χ0v) is 14.7. The Balaban J connectivity index is 1.98. The number of rotatable bonds is 4. The fourth-order valence-electron chi connectivity index (χ4n) is 2.45. The van der Waals surface area contributed by atoms with Gasteiger partial charge < -0.3 is 14.8 Å². The molecule has 1 aliphatic rings. The zero-order chi connectivity index (χ0) is 17.1. The van der Waals surface area contributed by atoms with Crippen molar-refractivity contribution in [2.45, 2.75) is 13.3 Å². The third kappa shape index (κ3) is 3.28. The molecule has 1 aliphatic heterocycles. The Morgan fingerprint density at radius 3 is 2.42 bits per heavy atom. The third-order valence-corrected chi connectivity index (χ3v) is 4.36. The quantitative estimate of drug-likeness (QED) is 0.800. The molecule has 0 saturated heterocycles. The minimum absolute atomic E-state index is 0.0746. The molecule has 2 aromatic rings. The molecule has 1 heterocycles. The maximum atomic E-state index is 12.5. The summed E-state index contributed by atoms with van der Waals surface area (Å²) in [5.74, 6) is 0.673. The first kappa shape index (κ1) is 16.5. The van der Waals surface area contributed by atoms with E-state index in [0.717, 1.165) is 0 Å².